The molecule has 0 saturated carbocycles. The standard InChI is InChI=1S/C11H12Cl2O3/c1-7(2)11(16-10(15)9(12)13)5-3-8(14)4-6-11/h3-7,9H,1-2H3. The predicted octanol–water partition coefficient (Wildman–Crippen LogP) is 2.42. The summed E-state index contributed by atoms with van der Waals surface area (Å²) in [5, 5.41) is 0. The Labute approximate surface area is 104 Å². The second-order valence-electron chi connectivity index (χ2n) is 3.80. The molecule has 88 valence electrons. The lowest BCUT2D eigenvalue weighted by molar-refractivity contribution is -0.152. The number of carbonyl (C=O) groups is 2. The quantitative estimate of drug-likeness (QED) is 0.580. The maximum Gasteiger partial charge on any atom is 0.340 e. The molecular formula is C11H12Cl2O3. The van der Waals surface area contributed by atoms with Gasteiger partial charge in [0.15, 0.2) is 11.4 Å². The summed E-state index contributed by atoms with van der Waals surface area (Å²) in [5.41, 5.74) is -0.937. The second-order valence-corrected chi connectivity index (χ2v) is 4.90. The van der Waals surface area contributed by atoms with Gasteiger partial charge in [0, 0.05) is 5.92 Å². The number of rotatable bonds is 3. The SMILES string of the molecule is CC(C)C1(OC(=O)C(Cl)Cl)C=CC(=O)C=C1. The van der Waals surface area contributed by atoms with Gasteiger partial charge in [-0.25, -0.2) is 4.79 Å². The van der Waals surface area contributed by atoms with Crippen molar-refractivity contribution in [3.05, 3.63) is 24.3 Å². The fourth-order valence-electron chi connectivity index (χ4n) is 1.33. The van der Waals surface area contributed by atoms with Gasteiger partial charge in [-0.05, 0) is 24.3 Å². The first-order valence-electron chi connectivity index (χ1n) is 4.81. The van der Waals surface area contributed by atoms with Crippen LogP contribution in [0.4, 0.5) is 0 Å². The Balaban J connectivity index is 2.92. The summed E-state index contributed by atoms with van der Waals surface area (Å²) in [5.74, 6) is -0.884. The minimum atomic E-state index is -1.23. The van der Waals surface area contributed by atoms with Crippen molar-refractivity contribution in [1.82, 2.24) is 0 Å². The van der Waals surface area contributed by atoms with Crippen LogP contribution in [0, 0.1) is 5.92 Å². The van der Waals surface area contributed by atoms with Gasteiger partial charge in [-0.2, -0.15) is 0 Å². The molecule has 0 aromatic carbocycles. The largest absolute Gasteiger partial charge is 0.448 e. The summed E-state index contributed by atoms with van der Waals surface area (Å²) in [7, 11) is 0. The highest BCUT2D eigenvalue weighted by Gasteiger charge is 2.36. The number of hydrogen-bond donors (Lipinski definition) is 0. The molecule has 0 aromatic heterocycles. The van der Waals surface area contributed by atoms with E-state index in [1.807, 2.05) is 13.8 Å². The van der Waals surface area contributed by atoms with E-state index in [2.05, 4.69) is 0 Å². The molecule has 0 saturated heterocycles. The third kappa shape index (κ3) is 2.86. The van der Waals surface area contributed by atoms with Crippen molar-refractivity contribution < 1.29 is 14.3 Å². The summed E-state index contributed by atoms with van der Waals surface area (Å²) in [4.78, 5) is 21.2. The lowest BCUT2D eigenvalue weighted by atomic mass is 9.86. The van der Waals surface area contributed by atoms with E-state index < -0.39 is 16.4 Å². The van der Waals surface area contributed by atoms with Crippen LogP contribution < -0.4 is 0 Å². The number of hydrogen-bond acceptors (Lipinski definition) is 3. The minimum absolute atomic E-state index is 0.0240. The molecule has 16 heavy (non-hydrogen) atoms. The Morgan fingerprint density at radius 1 is 1.31 bits per heavy atom. The monoisotopic (exact) mass is 262 g/mol. The van der Waals surface area contributed by atoms with E-state index in [4.69, 9.17) is 27.9 Å². The highest BCUT2D eigenvalue weighted by Crippen LogP contribution is 2.29. The number of alkyl halides is 2. The normalized spacial score (nSPS) is 18.2. The van der Waals surface area contributed by atoms with E-state index in [1.165, 1.54) is 12.2 Å². The number of halogens is 2. The highest BCUT2D eigenvalue weighted by molar-refractivity contribution is 6.52. The molecule has 0 heterocycles. The van der Waals surface area contributed by atoms with Crippen molar-refractivity contribution in [2.45, 2.75) is 24.3 Å². The second kappa shape index (κ2) is 5.02. The molecule has 1 aliphatic rings. The van der Waals surface area contributed by atoms with Gasteiger partial charge in [0.25, 0.3) is 0 Å². The molecular weight excluding hydrogens is 251 g/mol. The van der Waals surface area contributed by atoms with Crippen LogP contribution in [0.5, 0.6) is 0 Å². The zero-order chi connectivity index (χ0) is 12.3. The van der Waals surface area contributed by atoms with E-state index in [9.17, 15) is 9.59 Å². The molecule has 1 rings (SSSR count). The van der Waals surface area contributed by atoms with E-state index in [0.717, 1.165) is 0 Å². The van der Waals surface area contributed by atoms with E-state index in [-0.39, 0.29) is 11.7 Å². The van der Waals surface area contributed by atoms with Gasteiger partial charge in [-0.3, -0.25) is 4.79 Å². The highest BCUT2D eigenvalue weighted by atomic mass is 35.5. The average Bonchev–Trinajstić information content (AvgIpc) is 2.21. The van der Waals surface area contributed by atoms with Crippen LogP contribution in [0.1, 0.15) is 13.8 Å². The van der Waals surface area contributed by atoms with Gasteiger partial charge in [0.05, 0.1) is 0 Å². The molecule has 1 aliphatic carbocycles. The Morgan fingerprint density at radius 2 is 1.81 bits per heavy atom. The molecule has 0 aromatic rings. The number of ketones is 1. The van der Waals surface area contributed by atoms with Crippen LogP contribution in [0.2, 0.25) is 0 Å². The van der Waals surface area contributed by atoms with Crippen LogP contribution in [0.25, 0.3) is 0 Å². The molecule has 5 heteroatoms. The van der Waals surface area contributed by atoms with Crippen molar-refractivity contribution in [1.29, 1.82) is 0 Å². The van der Waals surface area contributed by atoms with E-state index >= 15 is 0 Å². The molecule has 0 aliphatic heterocycles. The lowest BCUT2D eigenvalue weighted by Crippen LogP contribution is -2.39. The molecule has 3 nitrogen and oxygen atoms in total. The van der Waals surface area contributed by atoms with E-state index in [1.54, 1.807) is 12.2 Å². The molecule has 0 bridgehead atoms. The molecule has 0 radical (unpaired) electrons. The van der Waals surface area contributed by atoms with Crippen molar-refractivity contribution in [2.75, 3.05) is 0 Å². The maximum atomic E-state index is 11.4. The molecule has 0 atom stereocenters. The molecule has 0 fully saturated rings. The molecule has 0 amide bonds. The summed E-state index contributed by atoms with van der Waals surface area (Å²) < 4.78 is 5.22. The summed E-state index contributed by atoms with van der Waals surface area (Å²) in [6.45, 7) is 3.74. The minimum Gasteiger partial charge on any atom is -0.448 e. The first-order chi connectivity index (χ1) is 7.37. The Kier molecular flexibility index (Phi) is 4.16. The topological polar surface area (TPSA) is 43.4 Å². The summed E-state index contributed by atoms with van der Waals surface area (Å²) in [6, 6.07) is 0. The van der Waals surface area contributed by atoms with Gasteiger partial charge < -0.3 is 4.74 Å². The number of ether oxygens (including phenoxy) is 1. The molecule has 0 N–H and O–H groups in total. The average molecular weight is 263 g/mol. The third-order valence-electron chi connectivity index (χ3n) is 2.37. The number of allylic oxidation sites excluding steroid dienone is 2. The molecule has 0 unspecified atom stereocenters. The maximum absolute atomic E-state index is 11.4. The zero-order valence-electron chi connectivity index (χ0n) is 8.94. The van der Waals surface area contributed by atoms with Crippen LogP contribution >= 0.6 is 23.2 Å². The first-order valence-corrected chi connectivity index (χ1v) is 5.68. The van der Waals surface area contributed by atoms with Crippen LogP contribution in [-0.4, -0.2) is 22.2 Å². The summed E-state index contributed by atoms with van der Waals surface area (Å²) in [6.07, 6.45) is 5.83. The number of carbonyl (C=O) groups excluding carboxylic acids is 2. The third-order valence-corrected chi connectivity index (χ3v) is 2.73. The van der Waals surface area contributed by atoms with Gasteiger partial charge in [-0.1, -0.05) is 37.0 Å². The molecule has 0 spiro atoms. The van der Waals surface area contributed by atoms with Gasteiger partial charge in [0.2, 0.25) is 4.84 Å². The van der Waals surface area contributed by atoms with Crippen molar-refractivity contribution in [3.63, 3.8) is 0 Å². The van der Waals surface area contributed by atoms with E-state index in [0.29, 0.717) is 0 Å². The van der Waals surface area contributed by atoms with Crippen molar-refractivity contribution >= 4 is 35.0 Å². The van der Waals surface area contributed by atoms with Gasteiger partial charge >= 0.3 is 5.97 Å². The predicted molar refractivity (Wildman–Crippen MR) is 62.4 cm³/mol. The van der Waals surface area contributed by atoms with Crippen LogP contribution in [0.15, 0.2) is 24.3 Å². The number of esters is 1. The fourth-order valence-corrected chi connectivity index (χ4v) is 1.41. The Bertz CT molecular complexity index is 340. The lowest BCUT2D eigenvalue weighted by Gasteiger charge is -2.32. The van der Waals surface area contributed by atoms with Gasteiger partial charge in [-0.15, -0.1) is 0 Å². The smallest absolute Gasteiger partial charge is 0.340 e. The van der Waals surface area contributed by atoms with Crippen LogP contribution in [-0.2, 0) is 14.3 Å². The van der Waals surface area contributed by atoms with Crippen molar-refractivity contribution in [2.24, 2.45) is 5.92 Å². The summed E-state index contributed by atoms with van der Waals surface area (Å²) >= 11 is 10.8. The van der Waals surface area contributed by atoms with Crippen LogP contribution in [0.3, 0.4) is 0 Å². The Morgan fingerprint density at radius 3 is 2.19 bits per heavy atom. The Hall–Kier alpha value is -0.800. The van der Waals surface area contributed by atoms with Gasteiger partial charge in [0.1, 0.15) is 0 Å². The first kappa shape index (κ1) is 13.3. The fraction of sp³-hybridized carbons (Fsp3) is 0.455. The zero-order valence-corrected chi connectivity index (χ0v) is 10.5. The van der Waals surface area contributed by atoms with Crippen molar-refractivity contribution in [3.8, 4) is 0 Å².